The van der Waals surface area contributed by atoms with E-state index < -0.39 is 22.3 Å². The van der Waals surface area contributed by atoms with Crippen LogP contribution in [0.3, 0.4) is 0 Å². The predicted octanol–water partition coefficient (Wildman–Crippen LogP) is 0.500. The molecule has 4 N–H and O–H groups in total. The molecule has 0 aromatic rings. The van der Waals surface area contributed by atoms with Crippen molar-refractivity contribution in [3.05, 3.63) is 0 Å². The van der Waals surface area contributed by atoms with Crippen LogP contribution in [0.4, 0.5) is 0 Å². The van der Waals surface area contributed by atoms with Gasteiger partial charge in [0.2, 0.25) is 5.91 Å². The van der Waals surface area contributed by atoms with Crippen LogP contribution in [0.5, 0.6) is 0 Å². The number of nitrogens with two attached hydrogens (primary N) is 1. The van der Waals surface area contributed by atoms with Crippen LogP contribution >= 0.6 is 0 Å². The van der Waals surface area contributed by atoms with E-state index in [1.807, 2.05) is 20.8 Å². The van der Waals surface area contributed by atoms with Crippen LogP contribution < -0.4 is 11.1 Å². The van der Waals surface area contributed by atoms with Gasteiger partial charge in [0.1, 0.15) is 5.54 Å². The number of carboxylic acids is 1. The Hall–Kier alpha value is -1.14. The Balaban J connectivity index is 1.95. The van der Waals surface area contributed by atoms with Crippen molar-refractivity contribution in [1.29, 1.82) is 0 Å². The molecule has 6 nitrogen and oxygen atoms in total. The van der Waals surface area contributed by atoms with Gasteiger partial charge in [-0.2, -0.15) is 0 Å². The fourth-order valence-corrected chi connectivity index (χ4v) is 2.84. The lowest BCUT2D eigenvalue weighted by Crippen LogP contribution is -2.76. The summed E-state index contributed by atoms with van der Waals surface area (Å²) >= 11 is 0. The Morgan fingerprint density at radius 1 is 1.40 bits per heavy atom. The highest BCUT2D eigenvalue weighted by Crippen LogP contribution is 2.50. The Labute approximate surface area is 119 Å². The van der Waals surface area contributed by atoms with Crippen LogP contribution in [-0.2, 0) is 14.3 Å². The fraction of sp³-hybridized carbons (Fsp3) is 0.857. The maximum absolute atomic E-state index is 12.3. The molecule has 0 heterocycles. The van der Waals surface area contributed by atoms with Crippen LogP contribution in [0, 0.1) is 10.8 Å². The average molecular weight is 284 g/mol. The molecule has 2 unspecified atom stereocenters. The zero-order valence-electron chi connectivity index (χ0n) is 12.4. The van der Waals surface area contributed by atoms with E-state index in [1.165, 1.54) is 0 Å². The number of nitrogens with one attached hydrogen (secondary N) is 1. The van der Waals surface area contributed by atoms with Gasteiger partial charge in [0, 0.05) is 25.0 Å². The minimum absolute atomic E-state index is 0.0300. The summed E-state index contributed by atoms with van der Waals surface area (Å²) in [5, 5.41) is 11.8. The molecule has 20 heavy (non-hydrogen) atoms. The van der Waals surface area contributed by atoms with Gasteiger partial charge in [0.05, 0.1) is 11.5 Å². The lowest BCUT2D eigenvalue weighted by molar-refractivity contribution is -0.171. The van der Waals surface area contributed by atoms with Gasteiger partial charge >= 0.3 is 5.97 Å². The number of carboxylic acid groups (broad SMARTS) is 1. The van der Waals surface area contributed by atoms with Crippen LogP contribution in [0.25, 0.3) is 0 Å². The quantitative estimate of drug-likeness (QED) is 0.659. The lowest BCUT2D eigenvalue weighted by atomic mass is 9.54. The summed E-state index contributed by atoms with van der Waals surface area (Å²) in [4.78, 5) is 23.4. The summed E-state index contributed by atoms with van der Waals surface area (Å²) in [7, 11) is 0. The molecule has 0 aromatic heterocycles. The predicted molar refractivity (Wildman–Crippen MR) is 73.0 cm³/mol. The van der Waals surface area contributed by atoms with Crippen molar-refractivity contribution in [2.45, 2.75) is 51.7 Å². The molecule has 2 atom stereocenters. The first-order valence-electron chi connectivity index (χ1n) is 7.12. The summed E-state index contributed by atoms with van der Waals surface area (Å²) < 4.78 is 5.58. The van der Waals surface area contributed by atoms with Gasteiger partial charge in [0.15, 0.2) is 0 Å². The summed E-state index contributed by atoms with van der Waals surface area (Å²) in [6.07, 6.45) is 1.67. The van der Waals surface area contributed by atoms with E-state index in [1.54, 1.807) is 0 Å². The van der Waals surface area contributed by atoms with E-state index in [0.717, 1.165) is 0 Å². The molecule has 2 rings (SSSR count). The molecule has 2 aliphatic carbocycles. The van der Waals surface area contributed by atoms with E-state index in [9.17, 15) is 9.59 Å². The van der Waals surface area contributed by atoms with Gasteiger partial charge < -0.3 is 20.9 Å². The first-order chi connectivity index (χ1) is 9.19. The molecule has 1 amide bonds. The number of ether oxygens (including phenoxy) is 1. The number of rotatable bonds is 6. The number of hydrogen-bond donors (Lipinski definition) is 3. The second kappa shape index (κ2) is 4.70. The molecule has 0 aromatic carbocycles. The molecule has 0 aliphatic heterocycles. The van der Waals surface area contributed by atoms with Gasteiger partial charge in [0.25, 0.3) is 0 Å². The van der Waals surface area contributed by atoms with E-state index in [0.29, 0.717) is 25.9 Å². The van der Waals surface area contributed by atoms with Crippen LogP contribution in [0.1, 0.15) is 40.0 Å². The largest absolute Gasteiger partial charge is 0.481 e. The van der Waals surface area contributed by atoms with Gasteiger partial charge in [-0.1, -0.05) is 13.8 Å². The molecule has 0 spiro atoms. The van der Waals surface area contributed by atoms with Crippen molar-refractivity contribution in [2.24, 2.45) is 16.6 Å². The highest BCUT2D eigenvalue weighted by molar-refractivity contribution is 5.89. The van der Waals surface area contributed by atoms with Gasteiger partial charge in [-0.3, -0.25) is 9.59 Å². The van der Waals surface area contributed by atoms with Crippen LogP contribution in [-0.4, -0.2) is 41.8 Å². The van der Waals surface area contributed by atoms with Gasteiger partial charge in [-0.25, -0.2) is 0 Å². The maximum Gasteiger partial charge on any atom is 0.311 e. The minimum Gasteiger partial charge on any atom is -0.481 e. The van der Waals surface area contributed by atoms with Crippen molar-refractivity contribution >= 4 is 11.9 Å². The molecular weight excluding hydrogens is 260 g/mol. The maximum atomic E-state index is 12.3. The van der Waals surface area contributed by atoms with Crippen LogP contribution in [0.15, 0.2) is 0 Å². The Morgan fingerprint density at radius 3 is 2.40 bits per heavy atom. The highest BCUT2D eigenvalue weighted by Gasteiger charge is 2.63. The first-order valence-corrected chi connectivity index (χ1v) is 7.12. The topological polar surface area (TPSA) is 102 Å². The lowest BCUT2D eigenvalue weighted by Gasteiger charge is -2.57. The SMILES string of the molecule is CCOC1CC(N)(C(=O)NCC2(C(=O)O)CC2)C1(C)C. The van der Waals surface area contributed by atoms with Gasteiger partial charge in [-0.05, 0) is 19.8 Å². The zero-order chi connectivity index (χ0) is 15.2. The van der Waals surface area contributed by atoms with Crippen molar-refractivity contribution in [1.82, 2.24) is 5.32 Å². The Kier molecular flexibility index (Phi) is 3.59. The molecule has 0 radical (unpaired) electrons. The molecule has 114 valence electrons. The smallest absolute Gasteiger partial charge is 0.311 e. The monoisotopic (exact) mass is 284 g/mol. The van der Waals surface area contributed by atoms with Crippen molar-refractivity contribution in [3.63, 3.8) is 0 Å². The van der Waals surface area contributed by atoms with E-state index in [4.69, 9.17) is 15.6 Å². The summed E-state index contributed by atoms with van der Waals surface area (Å²) in [6, 6.07) is 0. The second-order valence-electron chi connectivity index (χ2n) is 6.61. The van der Waals surface area contributed by atoms with Crippen molar-refractivity contribution < 1.29 is 19.4 Å². The normalized spacial score (nSPS) is 33.1. The minimum atomic E-state index is -0.985. The Bertz CT molecular complexity index is 431. The number of carbonyl (C=O) groups excluding carboxylic acids is 1. The summed E-state index contributed by atoms with van der Waals surface area (Å²) in [5.74, 6) is -1.12. The average Bonchev–Trinajstić information content (AvgIpc) is 3.16. The Morgan fingerprint density at radius 2 is 2.00 bits per heavy atom. The molecule has 0 bridgehead atoms. The third-order valence-electron chi connectivity index (χ3n) is 5.13. The van der Waals surface area contributed by atoms with Crippen molar-refractivity contribution in [3.8, 4) is 0 Å². The molecule has 2 aliphatic rings. The first kappa shape index (κ1) is 15.3. The standard InChI is InChI=1S/C14H24N2O4/c1-4-20-9-7-14(15,12(9,2)3)10(17)16-8-13(5-6-13)11(18)19/h9H,4-8,15H2,1-3H3,(H,16,17)(H,18,19). The highest BCUT2D eigenvalue weighted by atomic mass is 16.5. The fourth-order valence-electron chi connectivity index (χ4n) is 2.84. The molecule has 6 heteroatoms. The number of amides is 1. The summed E-state index contributed by atoms with van der Waals surface area (Å²) in [5.41, 5.74) is 4.03. The van der Waals surface area contributed by atoms with Gasteiger partial charge in [-0.15, -0.1) is 0 Å². The molecule has 0 saturated heterocycles. The molecule has 2 saturated carbocycles. The molecular formula is C14H24N2O4. The third-order valence-corrected chi connectivity index (χ3v) is 5.13. The second-order valence-corrected chi connectivity index (χ2v) is 6.61. The number of aliphatic carboxylic acids is 1. The third kappa shape index (κ3) is 2.11. The zero-order valence-corrected chi connectivity index (χ0v) is 12.4. The number of hydrogen-bond acceptors (Lipinski definition) is 4. The van der Waals surface area contributed by atoms with E-state index in [-0.39, 0.29) is 18.6 Å². The summed E-state index contributed by atoms with van der Waals surface area (Å²) in [6.45, 7) is 6.50. The van der Waals surface area contributed by atoms with Crippen LogP contribution in [0.2, 0.25) is 0 Å². The number of carbonyl (C=O) groups is 2. The van der Waals surface area contributed by atoms with E-state index in [2.05, 4.69) is 5.32 Å². The van der Waals surface area contributed by atoms with E-state index >= 15 is 0 Å². The van der Waals surface area contributed by atoms with Crippen molar-refractivity contribution in [2.75, 3.05) is 13.2 Å². The molecule has 2 fully saturated rings.